The maximum atomic E-state index is 14.1. The van der Waals surface area contributed by atoms with Crippen molar-refractivity contribution in [2.45, 2.75) is 22.7 Å². The number of pyridine rings is 1. The van der Waals surface area contributed by atoms with Crippen molar-refractivity contribution in [1.29, 1.82) is 0 Å². The van der Waals surface area contributed by atoms with Crippen LogP contribution in [0, 0.1) is 11.8 Å². The van der Waals surface area contributed by atoms with Crippen molar-refractivity contribution in [1.82, 2.24) is 20.0 Å². The van der Waals surface area contributed by atoms with Crippen molar-refractivity contribution in [3.05, 3.63) is 47.8 Å². The predicted octanol–water partition coefficient (Wildman–Crippen LogP) is 3.50. The van der Waals surface area contributed by atoms with Crippen molar-refractivity contribution in [2.75, 3.05) is 44.4 Å². The van der Waals surface area contributed by atoms with Crippen LogP contribution in [0.4, 0.5) is 28.9 Å². The number of nitrogens with zero attached hydrogens (tertiary/aromatic N) is 2. The number of fused-ring (bicyclic) bond motifs is 1. The Bertz CT molecular complexity index is 1350. The number of anilines is 2. The Labute approximate surface area is 214 Å². The second-order valence-electron chi connectivity index (χ2n) is 7.97. The lowest BCUT2D eigenvalue weighted by molar-refractivity contribution is -0.0330. The molecule has 3 aromatic rings. The normalized spacial score (nSPS) is 17.2. The number of rotatable bonds is 7. The first-order valence-electron chi connectivity index (χ1n) is 11.2. The molecule has 8 nitrogen and oxygen atoms in total. The number of hydrogen-bond acceptors (Lipinski definition) is 7. The van der Waals surface area contributed by atoms with Gasteiger partial charge in [-0.25, -0.2) is 9.37 Å². The fourth-order valence-electron chi connectivity index (χ4n) is 3.90. The lowest BCUT2D eigenvalue weighted by atomic mass is 10.1. The van der Waals surface area contributed by atoms with Crippen LogP contribution in [0.1, 0.15) is 16.1 Å². The third-order valence-electron chi connectivity index (χ3n) is 5.58. The molecular weight excluding hydrogens is 512 g/mol. The van der Waals surface area contributed by atoms with Crippen molar-refractivity contribution in [3.63, 3.8) is 0 Å². The van der Waals surface area contributed by atoms with E-state index in [2.05, 4.69) is 38.1 Å². The minimum atomic E-state index is -4.58. The summed E-state index contributed by atoms with van der Waals surface area (Å²) in [7, 11) is 2.95. The summed E-state index contributed by atoms with van der Waals surface area (Å²) in [6.07, 6.45) is 0.314. The molecule has 0 bridgehead atoms. The van der Waals surface area contributed by atoms with Gasteiger partial charge in [0, 0.05) is 38.1 Å². The first-order valence-corrected chi connectivity index (χ1v) is 12.0. The number of alkyl halides is 4. The average Bonchev–Trinajstić information content (AvgIpc) is 3.43. The molecule has 1 aliphatic rings. The number of ether oxygens (including phenoxy) is 1. The van der Waals surface area contributed by atoms with Gasteiger partial charge in [0.15, 0.2) is 5.65 Å². The maximum absolute atomic E-state index is 14.1. The highest BCUT2D eigenvalue weighted by atomic mass is 32.2. The Hall–Kier alpha value is -3.63. The number of aromatic nitrogens is 2. The number of imidazole rings is 1. The number of amides is 1. The Balaban J connectivity index is 1.65. The lowest BCUT2D eigenvalue weighted by Gasteiger charge is -2.16. The fraction of sp³-hybridized carbons (Fsp3) is 0.333. The van der Waals surface area contributed by atoms with Crippen LogP contribution in [-0.4, -0.2) is 66.8 Å². The van der Waals surface area contributed by atoms with Gasteiger partial charge in [-0.05, 0) is 30.2 Å². The predicted molar refractivity (Wildman–Crippen MR) is 134 cm³/mol. The van der Waals surface area contributed by atoms with Crippen molar-refractivity contribution < 1.29 is 27.1 Å². The summed E-state index contributed by atoms with van der Waals surface area (Å²) in [5.74, 6) is 5.55. The number of carbonyl (C=O) groups excluding carboxylic acids is 1. The number of nitrogens with one attached hydrogen (secondary N) is 4. The molecule has 1 aromatic carbocycles. The van der Waals surface area contributed by atoms with E-state index < -0.39 is 17.7 Å². The molecule has 0 aliphatic carbocycles. The number of hydrogen-bond donors (Lipinski definition) is 4. The summed E-state index contributed by atoms with van der Waals surface area (Å²) in [5, 5.41) is 11.3. The van der Waals surface area contributed by atoms with Crippen LogP contribution in [0.3, 0.4) is 0 Å². The summed E-state index contributed by atoms with van der Waals surface area (Å²) in [5.41, 5.74) is -3.32. The zero-order chi connectivity index (χ0) is 26.6. The molecule has 1 saturated heterocycles. The quantitative estimate of drug-likeness (QED) is 0.209. The van der Waals surface area contributed by atoms with E-state index in [1.807, 2.05) is 0 Å². The van der Waals surface area contributed by atoms with Gasteiger partial charge in [0.1, 0.15) is 22.6 Å². The minimum Gasteiger partial charge on any atom is -0.495 e. The van der Waals surface area contributed by atoms with Gasteiger partial charge < -0.3 is 26.0 Å². The van der Waals surface area contributed by atoms with Gasteiger partial charge in [-0.1, -0.05) is 12.0 Å². The molecule has 0 saturated carbocycles. The fourth-order valence-corrected chi connectivity index (χ4v) is 4.56. The van der Waals surface area contributed by atoms with E-state index in [9.17, 15) is 22.4 Å². The number of thioether (sulfide) groups is 1. The second kappa shape index (κ2) is 11.2. The third kappa shape index (κ3) is 6.03. The van der Waals surface area contributed by atoms with Gasteiger partial charge in [-0.15, -0.1) is 0 Å². The van der Waals surface area contributed by atoms with Gasteiger partial charge in [0.05, 0.1) is 36.6 Å². The van der Waals surface area contributed by atoms with E-state index in [1.54, 1.807) is 30.3 Å². The van der Waals surface area contributed by atoms with Crippen LogP contribution in [0.2, 0.25) is 0 Å². The smallest absolute Gasteiger partial charge is 0.447 e. The highest BCUT2D eigenvalue weighted by molar-refractivity contribution is 8.00. The highest BCUT2D eigenvalue weighted by Gasteiger charge is 2.33. The summed E-state index contributed by atoms with van der Waals surface area (Å²) in [4.78, 5) is 16.6. The summed E-state index contributed by atoms with van der Waals surface area (Å²) in [6.45, 7) is 0.575. The van der Waals surface area contributed by atoms with E-state index in [1.165, 1.54) is 24.8 Å². The Morgan fingerprint density at radius 1 is 1.30 bits per heavy atom. The third-order valence-corrected chi connectivity index (χ3v) is 6.39. The second-order valence-corrected chi connectivity index (χ2v) is 9.02. The highest BCUT2D eigenvalue weighted by Crippen LogP contribution is 2.39. The van der Waals surface area contributed by atoms with Gasteiger partial charge in [0.25, 0.3) is 5.91 Å². The number of carbonyl (C=O) groups is 1. The molecular formula is C24H24F4N6O2S. The molecule has 3 heterocycles. The molecule has 37 heavy (non-hydrogen) atoms. The molecule has 0 radical (unpaired) electrons. The largest absolute Gasteiger partial charge is 0.495 e. The van der Waals surface area contributed by atoms with E-state index in [4.69, 9.17) is 4.74 Å². The van der Waals surface area contributed by atoms with Gasteiger partial charge in [-0.3, -0.25) is 9.20 Å². The first-order chi connectivity index (χ1) is 17.7. The Morgan fingerprint density at radius 3 is 2.78 bits per heavy atom. The van der Waals surface area contributed by atoms with Crippen LogP contribution in [0.25, 0.3) is 5.65 Å². The topological polar surface area (TPSA) is 91.7 Å². The SMILES string of the molecule is CNC(=O)c1cccc(OC)c1NCC#Cc1nc2c(N[C@@H]3CNC[C@@H]3F)cccn2c1SC(F)(F)F. The molecule has 196 valence electrons. The van der Waals surface area contributed by atoms with E-state index >= 15 is 0 Å². The zero-order valence-corrected chi connectivity index (χ0v) is 20.7. The summed E-state index contributed by atoms with van der Waals surface area (Å²) < 4.78 is 60.9. The van der Waals surface area contributed by atoms with Crippen LogP contribution in [-0.2, 0) is 0 Å². The molecule has 4 N–H and O–H groups in total. The average molecular weight is 537 g/mol. The lowest BCUT2D eigenvalue weighted by Crippen LogP contribution is -2.29. The zero-order valence-electron chi connectivity index (χ0n) is 19.9. The molecule has 4 rings (SSSR count). The van der Waals surface area contributed by atoms with Crippen molar-refractivity contribution in [3.8, 4) is 17.6 Å². The van der Waals surface area contributed by atoms with E-state index in [0.29, 0.717) is 29.2 Å². The molecule has 0 spiro atoms. The van der Waals surface area contributed by atoms with Crippen molar-refractivity contribution in [2.24, 2.45) is 0 Å². The number of para-hydroxylation sites is 1. The van der Waals surface area contributed by atoms with E-state index in [-0.39, 0.29) is 47.1 Å². The standard InChI is InChI=1S/C24H24F4N6O2S/c1-29-22(35)14-6-3-9-19(36-2)20(14)31-10-4-7-17-23(37-24(26,27)28)34-11-5-8-16(21(34)33-17)32-18-13-30-12-15(18)25/h3,5-6,8-9,11,15,18,30-32H,10,12-13H2,1-2H3,(H,29,35)/t15-,18+/m0/s1. The van der Waals surface area contributed by atoms with Gasteiger partial charge >= 0.3 is 5.51 Å². The van der Waals surface area contributed by atoms with Crippen LogP contribution < -0.4 is 26.0 Å². The van der Waals surface area contributed by atoms with Crippen LogP contribution in [0.15, 0.2) is 41.6 Å². The molecule has 2 atom stereocenters. The van der Waals surface area contributed by atoms with Crippen molar-refractivity contribution >= 4 is 34.7 Å². The molecule has 1 amide bonds. The molecule has 1 fully saturated rings. The van der Waals surface area contributed by atoms with Crippen LogP contribution >= 0.6 is 11.8 Å². The molecule has 2 aromatic heterocycles. The number of benzene rings is 1. The minimum absolute atomic E-state index is 0.00323. The Morgan fingerprint density at radius 2 is 2.11 bits per heavy atom. The number of halogens is 4. The van der Waals surface area contributed by atoms with Gasteiger partial charge in [0.2, 0.25) is 0 Å². The molecule has 0 unspecified atom stereocenters. The first kappa shape index (κ1) is 26.4. The van der Waals surface area contributed by atoms with Crippen LogP contribution in [0.5, 0.6) is 5.75 Å². The number of methoxy groups -OCH3 is 1. The summed E-state index contributed by atoms with van der Waals surface area (Å²) in [6, 6.07) is 7.60. The monoisotopic (exact) mass is 536 g/mol. The summed E-state index contributed by atoms with van der Waals surface area (Å²) >= 11 is -0.324. The van der Waals surface area contributed by atoms with E-state index in [0.717, 1.165) is 0 Å². The van der Waals surface area contributed by atoms with Gasteiger partial charge in [-0.2, -0.15) is 13.2 Å². The Kier molecular flexibility index (Phi) is 7.99. The molecule has 1 aliphatic heterocycles. The molecule has 13 heteroatoms. The maximum Gasteiger partial charge on any atom is 0.447 e.